The summed E-state index contributed by atoms with van der Waals surface area (Å²) in [7, 11) is 0. The molecule has 26 heavy (non-hydrogen) atoms. The highest BCUT2D eigenvalue weighted by Crippen LogP contribution is 2.42. The third-order valence-corrected chi connectivity index (χ3v) is 6.51. The fourth-order valence-electron chi connectivity index (χ4n) is 3.66. The second-order valence-electron chi connectivity index (χ2n) is 6.49. The number of benzene rings is 2. The van der Waals surface area contributed by atoms with Crippen molar-refractivity contribution in [3.8, 4) is 16.2 Å². The second-order valence-corrected chi connectivity index (χ2v) is 7.95. The molecule has 0 saturated heterocycles. The van der Waals surface area contributed by atoms with E-state index >= 15 is 0 Å². The van der Waals surface area contributed by atoms with Crippen molar-refractivity contribution in [3.63, 3.8) is 0 Å². The number of halogens is 1. The fourth-order valence-corrected chi connectivity index (χ4v) is 5.21. The summed E-state index contributed by atoms with van der Waals surface area (Å²) in [6.45, 7) is 1.49. The maximum atomic E-state index is 6.45. The normalized spacial score (nSPS) is 18.2. The first kappa shape index (κ1) is 15.9. The van der Waals surface area contributed by atoms with Gasteiger partial charge in [0.1, 0.15) is 5.75 Å². The summed E-state index contributed by atoms with van der Waals surface area (Å²) in [5.41, 5.74) is 7.89. The summed E-state index contributed by atoms with van der Waals surface area (Å²) in [5, 5.41) is 5.41. The Labute approximate surface area is 161 Å². The number of thiophene rings is 1. The van der Waals surface area contributed by atoms with Crippen molar-refractivity contribution in [3.05, 3.63) is 75.6 Å². The molecule has 2 aliphatic heterocycles. The Kier molecular flexibility index (Phi) is 3.95. The van der Waals surface area contributed by atoms with E-state index in [1.165, 1.54) is 20.9 Å². The Morgan fingerprint density at radius 1 is 1.12 bits per heavy atom. The van der Waals surface area contributed by atoms with Crippen LogP contribution in [-0.4, -0.2) is 18.9 Å². The lowest BCUT2D eigenvalue weighted by Crippen LogP contribution is -2.14. The molecule has 130 valence electrons. The molecule has 3 heterocycles. The fraction of sp³-hybridized carbons (Fsp3) is 0.190. The molecule has 3 nitrogen and oxygen atoms in total. The molecule has 0 fully saturated rings. The molecule has 1 aromatic heterocycles. The van der Waals surface area contributed by atoms with Gasteiger partial charge in [0.2, 0.25) is 0 Å². The molecule has 2 aromatic carbocycles. The molecule has 0 aliphatic carbocycles. The van der Waals surface area contributed by atoms with E-state index in [1.54, 1.807) is 11.3 Å². The lowest BCUT2D eigenvalue weighted by Gasteiger charge is -2.13. The molecule has 1 N–H and O–H groups in total. The molecular formula is C21H17ClN2OS. The second kappa shape index (κ2) is 6.45. The van der Waals surface area contributed by atoms with E-state index in [9.17, 15) is 0 Å². The van der Waals surface area contributed by atoms with E-state index in [0.717, 1.165) is 35.0 Å². The Morgan fingerprint density at radius 3 is 2.88 bits per heavy atom. The Balaban J connectivity index is 1.58. The van der Waals surface area contributed by atoms with E-state index in [0.29, 0.717) is 6.61 Å². The smallest absolute Gasteiger partial charge is 0.127 e. The standard InChI is InChI=1S/C21H17ClN2OS/c22-17-7-3-1-5-14(17)16-12-23-24-20(16)19-11-13-9-10-25-18-8-4-2-6-15(18)21(13)26-19/h1-8,11,16,23H,9-10,12H2. The third kappa shape index (κ3) is 2.61. The minimum absolute atomic E-state index is 0.178. The van der Waals surface area contributed by atoms with Crippen molar-refractivity contribution in [2.75, 3.05) is 13.2 Å². The lowest BCUT2D eigenvalue weighted by molar-refractivity contribution is 0.326. The molecule has 0 bridgehead atoms. The molecule has 5 heteroatoms. The van der Waals surface area contributed by atoms with Crippen LogP contribution < -0.4 is 10.2 Å². The number of nitrogens with one attached hydrogen (secondary N) is 1. The van der Waals surface area contributed by atoms with E-state index in [-0.39, 0.29) is 5.92 Å². The molecule has 2 aliphatic rings. The van der Waals surface area contributed by atoms with E-state index in [4.69, 9.17) is 16.3 Å². The van der Waals surface area contributed by atoms with E-state index < -0.39 is 0 Å². The highest BCUT2D eigenvalue weighted by Gasteiger charge is 2.29. The first-order valence-electron chi connectivity index (χ1n) is 8.71. The zero-order valence-electron chi connectivity index (χ0n) is 14.0. The SMILES string of the molecule is Clc1ccccc1C1CNN=C1c1cc2c(s1)-c1ccccc1OCC2. The van der Waals surface area contributed by atoms with Crippen LogP contribution in [0.15, 0.2) is 59.7 Å². The molecule has 1 unspecified atom stereocenters. The molecule has 5 rings (SSSR count). The topological polar surface area (TPSA) is 33.6 Å². The number of hydrogen-bond donors (Lipinski definition) is 1. The predicted molar refractivity (Wildman–Crippen MR) is 108 cm³/mol. The summed E-state index contributed by atoms with van der Waals surface area (Å²) >= 11 is 8.25. The van der Waals surface area contributed by atoms with Gasteiger partial charge in [0.25, 0.3) is 0 Å². The van der Waals surface area contributed by atoms with Crippen LogP contribution in [0, 0.1) is 0 Å². The quantitative estimate of drug-likeness (QED) is 0.671. The first-order chi connectivity index (χ1) is 12.8. The van der Waals surface area contributed by atoms with Gasteiger partial charge in [-0.25, -0.2) is 0 Å². The van der Waals surface area contributed by atoms with Crippen LogP contribution in [-0.2, 0) is 6.42 Å². The van der Waals surface area contributed by atoms with Crippen LogP contribution in [0.2, 0.25) is 5.02 Å². The maximum absolute atomic E-state index is 6.45. The summed E-state index contributed by atoms with van der Waals surface area (Å²) in [5.74, 6) is 1.14. The largest absolute Gasteiger partial charge is 0.493 e. The molecular weight excluding hydrogens is 364 g/mol. The summed E-state index contributed by atoms with van der Waals surface area (Å²) < 4.78 is 5.91. The van der Waals surface area contributed by atoms with Gasteiger partial charge in [-0.15, -0.1) is 11.3 Å². The van der Waals surface area contributed by atoms with Crippen molar-refractivity contribution in [1.29, 1.82) is 0 Å². The van der Waals surface area contributed by atoms with Gasteiger partial charge >= 0.3 is 0 Å². The average molecular weight is 381 g/mol. The van der Waals surface area contributed by atoms with Crippen LogP contribution in [0.25, 0.3) is 10.4 Å². The molecule has 0 radical (unpaired) electrons. The van der Waals surface area contributed by atoms with Gasteiger partial charge in [0, 0.05) is 34.3 Å². The third-order valence-electron chi connectivity index (χ3n) is 4.93. The zero-order chi connectivity index (χ0) is 17.5. The number of fused-ring (bicyclic) bond motifs is 3. The van der Waals surface area contributed by atoms with Crippen LogP contribution >= 0.6 is 22.9 Å². The number of para-hydroxylation sites is 1. The van der Waals surface area contributed by atoms with Gasteiger partial charge in [0.05, 0.1) is 17.2 Å². The van der Waals surface area contributed by atoms with Crippen molar-refractivity contribution in [2.45, 2.75) is 12.3 Å². The average Bonchev–Trinajstić information content (AvgIpc) is 3.26. The van der Waals surface area contributed by atoms with Gasteiger partial charge in [-0.2, -0.15) is 5.10 Å². The van der Waals surface area contributed by atoms with Crippen molar-refractivity contribution >= 4 is 28.6 Å². The van der Waals surface area contributed by atoms with E-state index in [1.807, 2.05) is 30.3 Å². The van der Waals surface area contributed by atoms with Crippen molar-refractivity contribution in [1.82, 2.24) is 5.43 Å². The van der Waals surface area contributed by atoms with E-state index in [2.05, 4.69) is 34.8 Å². The monoisotopic (exact) mass is 380 g/mol. The van der Waals surface area contributed by atoms with Gasteiger partial charge in [0.15, 0.2) is 0 Å². The molecule has 1 atom stereocenters. The zero-order valence-corrected chi connectivity index (χ0v) is 15.6. The van der Waals surface area contributed by atoms with Gasteiger partial charge in [-0.05, 0) is 35.4 Å². The molecule has 0 spiro atoms. The predicted octanol–water partition coefficient (Wildman–Crippen LogP) is 5.09. The number of nitrogens with zero attached hydrogens (tertiary/aromatic N) is 1. The van der Waals surface area contributed by atoms with Crippen molar-refractivity contribution < 1.29 is 4.74 Å². The van der Waals surface area contributed by atoms with Crippen molar-refractivity contribution in [2.24, 2.45) is 5.10 Å². The Bertz CT molecular complexity index is 1010. The number of hydrogen-bond acceptors (Lipinski definition) is 4. The molecule has 0 saturated carbocycles. The van der Waals surface area contributed by atoms with Crippen LogP contribution in [0.3, 0.4) is 0 Å². The minimum Gasteiger partial charge on any atom is -0.493 e. The van der Waals surface area contributed by atoms with Crippen LogP contribution in [0.5, 0.6) is 5.75 Å². The van der Waals surface area contributed by atoms with Gasteiger partial charge < -0.3 is 10.2 Å². The molecule has 0 amide bonds. The summed E-state index contributed by atoms with van der Waals surface area (Å²) in [6.07, 6.45) is 0.915. The Morgan fingerprint density at radius 2 is 1.96 bits per heavy atom. The summed E-state index contributed by atoms with van der Waals surface area (Å²) in [6, 6.07) is 18.6. The lowest BCUT2D eigenvalue weighted by atomic mass is 9.93. The maximum Gasteiger partial charge on any atom is 0.127 e. The number of ether oxygens (including phenoxy) is 1. The minimum atomic E-state index is 0.178. The Hall–Kier alpha value is -2.30. The highest BCUT2D eigenvalue weighted by atomic mass is 35.5. The first-order valence-corrected chi connectivity index (χ1v) is 9.91. The van der Waals surface area contributed by atoms with Crippen LogP contribution in [0.1, 0.15) is 21.9 Å². The van der Waals surface area contributed by atoms with Gasteiger partial charge in [-0.3, -0.25) is 0 Å². The number of hydrazone groups is 1. The van der Waals surface area contributed by atoms with Gasteiger partial charge in [-0.1, -0.05) is 41.9 Å². The molecule has 3 aromatic rings. The number of rotatable bonds is 2. The summed E-state index contributed by atoms with van der Waals surface area (Å²) in [4.78, 5) is 2.50. The highest BCUT2D eigenvalue weighted by molar-refractivity contribution is 7.17. The van der Waals surface area contributed by atoms with Crippen LogP contribution in [0.4, 0.5) is 0 Å².